The summed E-state index contributed by atoms with van der Waals surface area (Å²) in [7, 11) is -3.42. The molecule has 0 bridgehead atoms. The highest BCUT2D eigenvalue weighted by atomic mass is 32.2. The van der Waals surface area contributed by atoms with E-state index in [2.05, 4.69) is 5.32 Å². The first-order valence-corrected chi connectivity index (χ1v) is 11.6. The molecule has 0 aliphatic carbocycles. The average molecular weight is 427 g/mol. The molecule has 1 N–H and O–H groups in total. The number of hydrogen-bond donors (Lipinski definition) is 1. The van der Waals surface area contributed by atoms with Crippen molar-refractivity contribution >= 4 is 27.5 Å². The molecule has 29 heavy (non-hydrogen) atoms. The minimum Gasteiger partial charge on any atom is -0.339 e. The lowest BCUT2D eigenvalue weighted by Gasteiger charge is -2.39. The molecule has 160 valence electrons. The SMILES string of the molecule is CS(=O)(=O)N1CCCCC1C(=O)N1CCN(CC(=O)Nc2ccc(F)cc2)CC1. The number of sulfonamides is 1. The Morgan fingerprint density at radius 3 is 2.34 bits per heavy atom. The number of rotatable bonds is 5. The summed E-state index contributed by atoms with van der Waals surface area (Å²) in [6, 6.07) is 4.95. The Hall–Kier alpha value is -2.04. The largest absolute Gasteiger partial charge is 0.339 e. The quantitative estimate of drug-likeness (QED) is 0.750. The number of nitrogens with one attached hydrogen (secondary N) is 1. The third-order valence-corrected chi connectivity index (χ3v) is 6.63. The van der Waals surface area contributed by atoms with Gasteiger partial charge in [0.25, 0.3) is 0 Å². The van der Waals surface area contributed by atoms with Gasteiger partial charge in [-0.15, -0.1) is 0 Å². The fraction of sp³-hybridized carbons (Fsp3) is 0.579. The molecule has 2 aliphatic rings. The molecule has 2 saturated heterocycles. The molecule has 1 atom stereocenters. The van der Waals surface area contributed by atoms with E-state index in [0.29, 0.717) is 44.8 Å². The molecule has 0 spiro atoms. The fourth-order valence-corrected chi connectivity index (χ4v) is 4.94. The Labute approximate surface area is 170 Å². The van der Waals surface area contributed by atoms with Crippen molar-refractivity contribution in [2.45, 2.75) is 25.3 Å². The molecule has 1 unspecified atom stereocenters. The van der Waals surface area contributed by atoms with E-state index < -0.39 is 16.1 Å². The predicted molar refractivity (Wildman–Crippen MR) is 107 cm³/mol. The van der Waals surface area contributed by atoms with Crippen LogP contribution in [0.25, 0.3) is 0 Å². The van der Waals surface area contributed by atoms with Crippen LogP contribution in [0.15, 0.2) is 24.3 Å². The van der Waals surface area contributed by atoms with Crippen molar-refractivity contribution in [1.82, 2.24) is 14.1 Å². The number of benzene rings is 1. The number of hydrogen-bond acceptors (Lipinski definition) is 5. The molecule has 2 aliphatic heterocycles. The third kappa shape index (κ3) is 5.74. The van der Waals surface area contributed by atoms with E-state index in [9.17, 15) is 22.4 Å². The highest BCUT2D eigenvalue weighted by Crippen LogP contribution is 2.22. The van der Waals surface area contributed by atoms with Gasteiger partial charge in [0.15, 0.2) is 0 Å². The molecule has 1 aromatic carbocycles. The first-order valence-electron chi connectivity index (χ1n) is 9.77. The van der Waals surface area contributed by atoms with Gasteiger partial charge in [0.1, 0.15) is 11.9 Å². The van der Waals surface area contributed by atoms with Crippen LogP contribution < -0.4 is 5.32 Å². The molecular weight excluding hydrogens is 399 g/mol. The van der Waals surface area contributed by atoms with Crippen LogP contribution in [0.4, 0.5) is 10.1 Å². The van der Waals surface area contributed by atoms with Crippen LogP contribution in [0, 0.1) is 5.82 Å². The Morgan fingerprint density at radius 2 is 1.72 bits per heavy atom. The zero-order valence-electron chi connectivity index (χ0n) is 16.5. The summed E-state index contributed by atoms with van der Waals surface area (Å²) in [5, 5.41) is 2.72. The van der Waals surface area contributed by atoms with E-state index in [-0.39, 0.29) is 24.2 Å². The Morgan fingerprint density at radius 1 is 1.07 bits per heavy atom. The normalized spacial score (nSPS) is 21.7. The Bertz CT molecular complexity index is 838. The van der Waals surface area contributed by atoms with E-state index >= 15 is 0 Å². The summed E-state index contributed by atoms with van der Waals surface area (Å²) in [6.07, 6.45) is 3.31. The molecular formula is C19H27FN4O4S. The van der Waals surface area contributed by atoms with Gasteiger partial charge in [-0.3, -0.25) is 14.5 Å². The fourth-order valence-electron chi connectivity index (χ4n) is 3.82. The highest BCUT2D eigenvalue weighted by Gasteiger charge is 2.37. The van der Waals surface area contributed by atoms with E-state index in [1.807, 2.05) is 4.90 Å². The monoisotopic (exact) mass is 426 g/mol. The zero-order chi connectivity index (χ0) is 21.0. The predicted octanol–water partition coefficient (Wildman–Crippen LogP) is 0.723. The average Bonchev–Trinajstić information content (AvgIpc) is 2.69. The third-order valence-electron chi connectivity index (χ3n) is 5.34. The number of carbonyl (C=O) groups excluding carboxylic acids is 2. The first-order chi connectivity index (χ1) is 13.7. The standard InChI is InChI=1S/C19H27FN4O4S/c1-29(27,28)24-9-3-2-4-17(24)19(26)23-12-10-22(11-13-23)14-18(25)21-16-7-5-15(20)6-8-16/h5-8,17H,2-4,9-14H2,1H3,(H,21,25). The Balaban J connectivity index is 1.50. The van der Waals surface area contributed by atoms with Crippen molar-refractivity contribution < 1.29 is 22.4 Å². The number of amides is 2. The van der Waals surface area contributed by atoms with Crippen molar-refractivity contribution in [3.63, 3.8) is 0 Å². The number of nitrogens with zero attached hydrogens (tertiary/aromatic N) is 3. The second-order valence-corrected chi connectivity index (χ2v) is 9.48. The molecule has 0 radical (unpaired) electrons. The minimum atomic E-state index is -3.42. The number of anilines is 1. The molecule has 2 fully saturated rings. The maximum atomic E-state index is 12.9. The molecule has 2 heterocycles. The number of piperazine rings is 1. The summed E-state index contributed by atoms with van der Waals surface area (Å²) in [6.45, 7) is 2.55. The molecule has 0 aromatic heterocycles. The van der Waals surface area contributed by atoms with Crippen LogP contribution in [0.5, 0.6) is 0 Å². The van der Waals surface area contributed by atoms with Crippen molar-refractivity contribution in [3.8, 4) is 0 Å². The topological polar surface area (TPSA) is 90.0 Å². The molecule has 0 saturated carbocycles. The van der Waals surface area contributed by atoms with Crippen LogP contribution >= 0.6 is 0 Å². The molecule has 1 aromatic rings. The van der Waals surface area contributed by atoms with Crippen LogP contribution in [0.1, 0.15) is 19.3 Å². The van der Waals surface area contributed by atoms with Crippen LogP contribution in [-0.2, 0) is 19.6 Å². The van der Waals surface area contributed by atoms with Crippen molar-refractivity contribution in [2.75, 3.05) is 50.8 Å². The van der Waals surface area contributed by atoms with Crippen molar-refractivity contribution in [3.05, 3.63) is 30.1 Å². The van der Waals surface area contributed by atoms with Gasteiger partial charge in [0.05, 0.1) is 12.8 Å². The highest BCUT2D eigenvalue weighted by molar-refractivity contribution is 7.88. The van der Waals surface area contributed by atoms with Gasteiger partial charge in [-0.1, -0.05) is 6.42 Å². The van der Waals surface area contributed by atoms with Gasteiger partial charge >= 0.3 is 0 Å². The van der Waals surface area contributed by atoms with Gasteiger partial charge in [-0.2, -0.15) is 4.31 Å². The maximum absolute atomic E-state index is 12.9. The van der Waals surface area contributed by atoms with Crippen LogP contribution in [-0.4, -0.2) is 85.9 Å². The summed E-state index contributed by atoms with van der Waals surface area (Å²) >= 11 is 0. The lowest BCUT2D eigenvalue weighted by molar-refractivity contribution is -0.138. The number of carbonyl (C=O) groups is 2. The van der Waals surface area contributed by atoms with E-state index in [0.717, 1.165) is 19.1 Å². The van der Waals surface area contributed by atoms with Gasteiger partial charge in [-0.25, -0.2) is 12.8 Å². The molecule has 8 nitrogen and oxygen atoms in total. The maximum Gasteiger partial charge on any atom is 0.241 e. The minimum absolute atomic E-state index is 0.148. The van der Waals surface area contributed by atoms with Crippen molar-refractivity contribution in [2.24, 2.45) is 0 Å². The molecule has 2 amide bonds. The van der Waals surface area contributed by atoms with E-state index in [1.54, 1.807) is 4.90 Å². The van der Waals surface area contributed by atoms with Crippen LogP contribution in [0.2, 0.25) is 0 Å². The lowest BCUT2D eigenvalue weighted by Crippen LogP contribution is -2.57. The van der Waals surface area contributed by atoms with E-state index in [1.165, 1.54) is 28.6 Å². The lowest BCUT2D eigenvalue weighted by atomic mass is 10.0. The number of piperidine rings is 1. The molecule has 10 heteroatoms. The van der Waals surface area contributed by atoms with Gasteiger partial charge < -0.3 is 10.2 Å². The zero-order valence-corrected chi connectivity index (χ0v) is 17.3. The van der Waals surface area contributed by atoms with Crippen LogP contribution in [0.3, 0.4) is 0 Å². The first kappa shape index (κ1) is 21.7. The summed E-state index contributed by atoms with van der Waals surface area (Å²) in [4.78, 5) is 28.7. The Kier molecular flexibility index (Phi) is 6.86. The van der Waals surface area contributed by atoms with E-state index in [4.69, 9.17) is 0 Å². The second kappa shape index (κ2) is 9.19. The number of halogens is 1. The molecule has 3 rings (SSSR count). The van der Waals surface area contributed by atoms with Gasteiger partial charge in [0.2, 0.25) is 21.8 Å². The summed E-state index contributed by atoms with van der Waals surface area (Å²) < 4.78 is 38.3. The summed E-state index contributed by atoms with van der Waals surface area (Å²) in [5.74, 6) is -0.714. The van der Waals surface area contributed by atoms with Gasteiger partial charge in [-0.05, 0) is 37.1 Å². The van der Waals surface area contributed by atoms with Crippen molar-refractivity contribution in [1.29, 1.82) is 0 Å². The smallest absolute Gasteiger partial charge is 0.241 e. The van der Waals surface area contributed by atoms with Gasteiger partial charge in [0, 0.05) is 38.4 Å². The second-order valence-electron chi connectivity index (χ2n) is 7.54. The summed E-state index contributed by atoms with van der Waals surface area (Å²) in [5.41, 5.74) is 0.531.